The number of carbonyl (C=O) groups is 2. The maximum Gasteiger partial charge on any atom is 0.239 e. The topological polar surface area (TPSA) is 84.2 Å². The van der Waals surface area contributed by atoms with Crippen LogP contribution in [0.5, 0.6) is 0 Å². The van der Waals surface area contributed by atoms with E-state index in [1.807, 2.05) is 20.8 Å². The molecule has 0 aliphatic heterocycles. The highest BCUT2D eigenvalue weighted by atomic mass is 16.5. The summed E-state index contributed by atoms with van der Waals surface area (Å²) >= 11 is 0. The summed E-state index contributed by atoms with van der Waals surface area (Å²) in [6.45, 7) is 9.17. The lowest BCUT2D eigenvalue weighted by molar-refractivity contribution is -0.126. The number of aryl methyl sites for hydroxylation is 2. The summed E-state index contributed by atoms with van der Waals surface area (Å²) in [4.78, 5) is 23.3. The highest BCUT2D eigenvalue weighted by molar-refractivity contribution is 5.86. The number of aromatic nitrogens is 1. The lowest BCUT2D eigenvalue weighted by atomic mass is 10.1. The molecule has 1 rings (SSSR count). The number of hydrogen-bond donors (Lipinski definition) is 2. The molecule has 0 saturated carbocycles. The molecule has 6 nitrogen and oxygen atoms in total. The molecule has 19 heavy (non-hydrogen) atoms. The fourth-order valence-electron chi connectivity index (χ4n) is 1.62. The summed E-state index contributed by atoms with van der Waals surface area (Å²) in [7, 11) is 0. The highest BCUT2D eigenvalue weighted by Crippen LogP contribution is 2.12. The molecule has 0 fully saturated rings. The van der Waals surface area contributed by atoms with Crippen molar-refractivity contribution in [3.63, 3.8) is 0 Å². The zero-order chi connectivity index (χ0) is 14.6. The molecule has 1 aromatic rings. The van der Waals surface area contributed by atoms with E-state index in [1.54, 1.807) is 13.8 Å². The maximum atomic E-state index is 11.7. The van der Waals surface area contributed by atoms with Gasteiger partial charge in [0, 0.05) is 11.1 Å². The normalized spacial score (nSPS) is 11.2. The molecule has 0 saturated heterocycles. The van der Waals surface area contributed by atoms with Gasteiger partial charge in [0.1, 0.15) is 5.76 Å². The van der Waals surface area contributed by atoms with Gasteiger partial charge in [-0.25, -0.2) is 0 Å². The van der Waals surface area contributed by atoms with Crippen molar-refractivity contribution in [2.45, 2.75) is 46.6 Å². The van der Waals surface area contributed by atoms with Gasteiger partial charge in [-0.15, -0.1) is 0 Å². The average molecular weight is 267 g/mol. The molecule has 2 amide bonds. The highest BCUT2D eigenvalue weighted by Gasteiger charge is 2.16. The zero-order valence-electron chi connectivity index (χ0n) is 12.1. The van der Waals surface area contributed by atoms with Crippen molar-refractivity contribution in [2.24, 2.45) is 0 Å². The molecule has 1 heterocycles. The Bertz CT molecular complexity index is 452. The molecule has 0 unspecified atom stereocenters. The van der Waals surface area contributed by atoms with E-state index in [0.717, 1.165) is 5.56 Å². The third kappa shape index (κ3) is 5.11. The quantitative estimate of drug-likeness (QED) is 0.847. The Labute approximate surface area is 112 Å². The fraction of sp³-hybridized carbons (Fsp3) is 0.615. The van der Waals surface area contributed by atoms with Crippen LogP contribution in [0.25, 0.3) is 0 Å². The van der Waals surface area contributed by atoms with Crippen molar-refractivity contribution in [3.8, 4) is 0 Å². The summed E-state index contributed by atoms with van der Waals surface area (Å²) in [5.74, 6) is 0.199. The number of carbonyl (C=O) groups excluding carboxylic acids is 2. The first-order valence-electron chi connectivity index (χ1n) is 6.18. The maximum absolute atomic E-state index is 11.7. The van der Waals surface area contributed by atoms with Gasteiger partial charge in [0.25, 0.3) is 0 Å². The fourth-order valence-corrected chi connectivity index (χ4v) is 1.62. The van der Waals surface area contributed by atoms with E-state index in [4.69, 9.17) is 4.52 Å². The largest absolute Gasteiger partial charge is 0.361 e. The molecule has 0 bridgehead atoms. The molecule has 0 aromatic carbocycles. The van der Waals surface area contributed by atoms with Gasteiger partial charge in [0.15, 0.2) is 0 Å². The van der Waals surface area contributed by atoms with E-state index in [-0.39, 0.29) is 30.3 Å². The second kappa shape index (κ2) is 5.86. The number of nitrogens with one attached hydrogen (secondary N) is 2. The van der Waals surface area contributed by atoms with Crippen molar-refractivity contribution in [3.05, 3.63) is 17.0 Å². The van der Waals surface area contributed by atoms with Gasteiger partial charge in [0.2, 0.25) is 11.8 Å². The summed E-state index contributed by atoms with van der Waals surface area (Å²) in [6, 6.07) is 0. The number of amides is 2. The van der Waals surface area contributed by atoms with Crippen LogP contribution in [0.1, 0.15) is 37.8 Å². The molecule has 2 N–H and O–H groups in total. The summed E-state index contributed by atoms with van der Waals surface area (Å²) in [5, 5.41) is 9.13. The second-order valence-electron chi connectivity index (χ2n) is 5.55. The minimum absolute atomic E-state index is 0.0283. The molecule has 0 radical (unpaired) electrons. The Morgan fingerprint density at radius 3 is 2.32 bits per heavy atom. The van der Waals surface area contributed by atoms with Gasteiger partial charge in [0.05, 0.1) is 18.7 Å². The Balaban J connectivity index is 2.43. The first kappa shape index (κ1) is 15.2. The molecule has 106 valence electrons. The first-order valence-corrected chi connectivity index (χ1v) is 6.18. The van der Waals surface area contributed by atoms with E-state index >= 15 is 0 Å². The molecule has 0 aliphatic carbocycles. The van der Waals surface area contributed by atoms with Crippen molar-refractivity contribution in [1.82, 2.24) is 15.8 Å². The average Bonchev–Trinajstić information content (AvgIpc) is 2.56. The first-order chi connectivity index (χ1) is 8.69. The molecule has 0 aliphatic rings. The Kier molecular flexibility index (Phi) is 4.69. The minimum Gasteiger partial charge on any atom is -0.361 e. The number of nitrogens with zero attached hydrogens (tertiary/aromatic N) is 1. The zero-order valence-corrected chi connectivity index (χ0v) is 12.1. The lowest BCUT2D eigenvalue weighted by Gasteiger charge is -2.20. The van der Waals surface area contributed by atoms with Crippen LogP contribution in [-0.4, -0.2) is 29.1 Å². The van der Waals surface area contributed by atoms with Gasteiger partial charge in [-0.05, 0) is 34.6 Å². The Hall–Kier alpha value is -1.85. The van der Waals surface area contributed by atoms with Crippen molar-refractivity contribution in [1.29, 1.82) is 0 Å². The SMILES string of the molecule is Cc1noc(C)c1CC(=O)NCC(=O)NC(C)(C)C. The van der Waals surface area contributed by atoms with E-state index in [2.05, 4.69) is 15.8 Å². The Morgan fingerprint density at radius 2 is 1.84 bits per heavy atom. The summed E-state index contributed by atoms with van der Waals surface area (Å²) < 4.78 is 4.98. The van der Waals surface area contributed by atoms with Crippen molar-refractivity contribution in [2.75, 3.05) is 6.54 Å². The minimum atomic E-state index is -0.302. The van der Waals surface area contributed by atoms with Gasteiger partial charge < -0.3 is 15.2 Å². The molecule has 1 aromatic heterocycles. The summed E-state index contributed by atoms with van der Waals surface area (Å²) in [6.07, 6.45) is 0.171. The monoisotopic (exact) mass is 267 g/mol. The molecular formula is C13H21N3O3. The van der Waals surface area contributed by atoms with Gasteiger partial charge in [-0.3, -0.25) is 9.59 Å². The van der Waals surface area contributed by atoms with Crippen LogP contribution >= 0.6 is 0 Å². The summed E-state index contributed by atoms with van der Waals surface area (Å²) in [5.41, 5.74) is 1.17. The van der Waals surface area contributed by atoms with E-state index in [9.17, 15) is 9.59 Å². The lowest BCUT2D eigenvalue weighted by Crippen LogP contribution is -2.46. The van der Waals surface area contributed by atoms with Crippen LogP contribution in [0.3, 0.4) is 0 Å². The standard InChI is InChI=1S/C13H21N3O3/c1-8-10(9(2)19-16-8)6-11(17)14-7-12(18)15-13(3,4)5/h6-7H2,1-5H3,(H,14,17)(H,15,18). The number of rotatable bonds is 4. The van der Waals surface area contributed by atoms with Crippen LogP contribution in [0.2, 0.25) is 0 Å². The predicted octanol–water partition coefficient (Wildman–Crippen LogP) is 0.865. The van der Waals surface area contributed by atoms with Gasteiger partial charge in [-0.1, -0.05) is 5.16 Å². The third-order valence-electron chi connectivity index (χ3n) is 2.48. The van der Waals surface area contributed by atoms with Crippen molar-refractivity contribution < 1.29 is 14.1 Å². The van der Waals surface area contributed by atoms with Crippen LogP contribution in [0.4, 0.5) is 0 Å². The van der Waals surface area contributed by atoms with Gasteiger partial charge >= 0.3 is 0 Å². The van der Waals surface area contributed by atoms with E-state index < -0.39 is 0 Å². The van der Waals surface area contributed by atoms with Crippen LogP contribution < -0.4 is 10.6 Å². The molecule has 6 heteroatoms. The molecule has 0 spiro atoms. The van der Waals surface area contributed by atoms with E-state index in [0.29, 0.717) is 11.5 Å². The third-order valence-corrected chi connectivity index (χ3v) is 2.48. The van der Waals surface area contributed by atoms with E-state index in [1.165, 1.54) is 0 Å². The Morgan fingerprint density at radius 1 is 1.21 bits per heavy atom. The molecular weight excluding hydrogens is 246 g/mol. The predicted molar refractivity (Wildman–Crippen MR) is 70.6 cm³/mol. The van der Waals surface area contributed by atoms with Crippen molar-refractivity contribution >= 4 is 11.8 Å². The smallest absolute Gasteiger partial charge is 0.239 e. The van der Waals surface area contributed by atoms with Gasteiger partial charge in [-0.2, -0.15) is 0 Å². The van der Waals surface area contributed by atoms with Crippen LogP contribution in [-0.2, 0) is 16.0 Å². The van der Waals surface area contributed by atoms with Crippen LogP contribution in [0.15, 0.2) is 4.52 Å². The second-order valence-corrected chi connectivity index (χ2v) is 5.55. The molecule has 0 atom stereocenters. The number of hydrogen-bond acceptors (Lipinski definition) is 4. The van der Waals surface area contributed by atoms with Crippen LogP contribution in [0, 0.1) is 13.8 Å².